The molecular formula is C19H14BrClNO4-. The largest absolute Gasteiger partial charge is 0.546 e. The summed E-state index contributed by atoms with van der Waals surface area (Å²) in [5, 5.41) is 20.7. The maximum absolute atomic E-state index is 10.6. The molecule has 0 N–H and O–H groups in total. The molecular weight excluding hydrogens is 422 g/mol. The highest BCUT2D eigenvalue weighted by Crippen LogP contribution is 2.38. The number of rotatable bonds is 7. The second-order valence-corrected chi connectivity index (χ2v) is 6.39. The number of aliphatic carboxylic acids is 1. The highest BCUT2D eigenvalue weighted by molar-refractivity contribution is 9.10. The third-order valence-electron chi connectivity index (χ3n) is 3.25. The quantitative estimate of drug-likeness (QED) is 0.489. The fourth-order valence-corrected chi connectivity index (χ4v) is 2.88. The molecule has 0 radical (unpaired) electrons. The fraction of sp³-hybridized carbons (Fsp3) is 0.158. The van der Waals surface area contributed by atoms with E-state index in [9.17, 15) is 15.2 Å². The van der Waals surface area contributed by atoms with Gasteiger partial charge in [-0.3, -0.25) is 0 Å². The lowest BCUT2D eigenvalue weighted by Gasteiger charge is -2.15. The molecule has 0 saturated carbocycles. The Kier molecular flexibility index (Phi) is 7.07. The Balaban J connectivity index is 2.43. The molecule has 7 heteroatoms. The molecule has 0 aromatic heterocycles. The molecule has 26 heavy (non-hydrogen) atoms. The predicted molar refractivity (Wildman–Crippen MR) is 101 cm³/mol. The normalized spacial score (nSPS) is 10.9. The summed E-state index contributed by atoms with van der Waals surface area (Å²) in [6, 6.07) is 12.5. The highest BCUT2D eigenvalue weighted by Gasteiger charge is 2.13. The molecule has 134 valence electrons. The Morgan fingerprint density at radius 1 is 1.31 bits per heavy atom. The first-order valence-corrected chi connectivity index (χ1v) is 8.78. The van der Waals surface area contributed by atoms with Crippen molar-refractivity contribution in [3.8, 4) is 17.6 Å². The third-order valence-corrected chi connectivity index (χ3v) is 4.09. The first kappa shape index (κ1) is 19.8. The zero-order valence-electron chi connectivity index (χ0n) is 13.8. The van der Waals surface area contributed by atoms with E-state index in [-0.39, 0.29) is 5.75 Å². The number of carbonyl (C=O) groups is 1. The highest BCUT2D eigenvalue weighted by atomic mass is 79.9. The van der Waals surface area contributed by atoms with Crippen molar-refractivity contribution in [1.29, 1.82) is 5.26 Å². The summed E-state index contributed by atoms with van der Waals surface area (Å²) in [5.41, 5.74) is 1.86. The van der Waals surface area contributed by atoms with Crippen LogP contribution in [0.5, 0.6) is 11.5 Å². The maximum atomic E-state index is 10.6. The third kappa shape index (κ3) is 5.25. The number of halogens is 2. The number of nitrogens with zero attached hydrogens (tertiary/aromatic N) is 1. The van der Waals surface area contributed by atoms with Crippen molar-refractivity contribution in [2.45, 2.75) is 6.92 Å². The van der Waals surface area contributed by atoms with Crippen LogP contribution in [0, 0.1) is 11.3 Å². The van der Waals surface area contributed by atoms with Crippen LogP contribution >= 0.6 is 27.5 Å². The topological polar surface area (TPSA) is 82.4 Å². The number of hydrogen-bond donors (Lipinski definition) is 0. The van der Waals surface area contributed by atoms with E-state index >= 15 is 0 Å². The fourth-order valence-electron chi connectivity index (χ4n) is 2.18. The van der Waals surface area contributed by atoms with Gasteiger partial charge in [0.25, 0.3) is 0 Å². The Hall–Kier alpha value is -2.49. The van der Waals surface area contributed by atoms with E-state index in [0.717, 1.165) is 5.56 Å². The van der Waals surface area contributed by atoms with Crippen LogP contribution in [0.2, 0.25) is 5.02 Å². The molecule has 0 saturated heterocycles. The van der Waals surface area contributed by atoms with Gasteiger partial charge in [0.1, 0.15) is 6.61 Å². The van der Waals surface area contributed by atoms with Crippen molar-refractivity contribution in [1.82, 2.24) is 0 Å². The van der Waals surface area contributed by atoms with E-state index in [4.69, 9.17) is 21.1 Å². The van der Waals surface area contributed by atoms with E-state index in [1.807, 2.05) is 0 Å². The summed E-state index contributed by atoms with van der Waals surface area (Å²) in [6.45, 7) is 1.57. The molecule has 5 nitrogen and oxygen atoms in total. The molecule has 0 aliphatic carbocycles. The van der Waals surface area contributed by atoms with Gasteiger partial charge in [-0.1, -0.05) is 23.7 Å². The van der Waals surface area contributed by atoms with Crippen molar-refractivity contribution in [2.75, 3.05) is 13.2 Å². The van der Waals surface area contributed by atoms with Crippen molar-refractivity contribution in [3.05, 3.63) is 57.0 Å². The number of benzene rings is 2. The molecule has 0 aliphatic heterocycles. The molecule has 0 unspecified atom stereocenters. The van der Waals surface area contributed by atoms with Gasteiger partial charge in [0, 0.05) is 5.02 Å². The lowest BCUT2D eigenvalue weighted by atomic mass is 10.0. The van der Waals surface area contributed by atoms with Crippen LogP contribution < -0.4 is 14.6 Å². The molecule has 0 bridgehead atoms. The Bertz CT molecular complexity index is 872. The van der Waals surface area contributed by atoms with Gasteiger partial charge in [0.15, 0.2) is 11.5 Å². The number of carboxylic acids is 1. The van der Waals surface area contributed by atoms with Gasteiger partial charge in [-0.2, -0.15) is 5.26 Å². The van der Waals surface area contributed by atoms with Gasteiger partial charge in [-0.05, 0) is 64.3 Å². The van der Waals surface area contributed by atoms with Crippen molar-refractivity contribution in [2.24, 2.45) is 0 Å². The number of carboxylic acid groups (broad SMARTS) is 1. The summed E-state index contributed by atoms with van der Waals surface area (Å²) in [7, 11) is 0. The standard InChI is InChI=1S/C19H15BrClNO4/c1-2-25-17-9-12(8-16(20)19(17)26-11-18(23)24)7-14(10-22)13-3-5-15(21)6-4-13/h3-9H,2,11H2,1H3,(H,23,24)/p-1/b14-7+. The number of allylic oxidation sites excluding steroid dienone is 1. The zero-order chi connectivity index (χ0) is 19.1. The van der Waals surface area contributed by atoms with Crippen LogP contribution in [0.15, 0.2) is 40.9 Å². The monoisotopic (exact) mass is 434 g/mol. The van der Waals surface area contributed by atoms with Crippen molar-refractivity contribution < 1.29 is 19.4 Å². The molecule has 0 aliphatic rings. The van der Waals surface area contributed by atoms with Gasteiger partial charge >= 0.3 is 0 Å². The minimum atomic E-state index is -1.34. The molecule has 2 aromatic carbocycles. The SMILES string of the molecule is CCOc1cc(/C=C(\C#N)c2ccc(Cl)cc2)cc(Br)c1OCC(=O)[O-]. The second-order valence-electron chi connectivity index (χ2n) is 5.10. The van der Waals surface area contributed by atoms with E-state index < -0.39 is 12.6 Å². The average Bonchev–Trinajstić information content (AvgIpc) is 2.60. The van der Waals surface area contributed by atoms with E-state index in [1.165, 1.54) is 0 Å². The smallest absolute Gasteiger partial charge is 0.175 e. The molecule has 0 amide bonds. The van der Waals surface area contributed by atoms with Crippen LogP contribution in [0.4, 0.5) is 0 Å². The number of nitriles is 1. The molecule has 2 aromatic rings. The summed E-state index contributed by atoms with van der Waals surface area (Å²) in [4.78, 5) is 10.6. The van der Waals surface area contributed by atoms with Crippen LogP contribution in [0.3, 0.4) is 0 Å². The number of ether oxygens (including phenoxy) is 2. The first-order valence-electron chi connectivity index (χ1n) is 7.61. The van der Waals surface area contributed by atoms with Crippen LogP contribution in [-0.4, -0.2) is 19.2 Å². The van der Waals surface area contributed by atoms with Gasteiger partial charge in [0.05, 0.1) is 28.7 Å². The maximum Gasteiger partial charge on any atom is 0.175 e. The van der Waals surface area contributed by atoms with Crippen LogP contribution in [-0.2, 0) is 4.79 Å². The van der Waals surface area contributed by atoms with E-state index in [1.54, 1.807) is 49.4 Å². The average molecular weight is 436 g/mol. The molecule has 0 atom stereocenters. The zero-order valence-corrected chi connectivity index (χ0v) is 16.1. The predicted octanol–water partition coefficient (Wildman–Crippen LogP) is 3.69. The molecule has 0 spiro atoms. The minimum absolute atomic E-state index is 0.262. The number of hydrogen-bond acceptors (Lipinski definition) is 5. The summed E-state index contributed by atoms with van der Waals surface area (Å²) in [5.74, 6) is -0.709. The van der Waals surface area contributed by atoms with E-state index in [2.05, 4.69) is 22.0 Å². The lowest BCUT2D eigenvalue weighted by Crippen LogP contribution is -2.29. The number of carbonyl (C=O) groups excluding carboxylic acids is 1. The molecule has 2 rings (SSSR count). The molecule has 0 fully saturated rings. The lowest BCUT2D eigenvalue weighted by molar-refractivity contribution is -0.307. The van der Waals surface area contributed by atoms with Gasteiger partial charge in [-0.25, -0.2) is 0 Å². The summed E-state index contributed by atoms with van der Waals surface area (Å²) < 4.78 is 11.3. The summed E-state index contributed by atoms with van der Waals surface area (Å²) >= 11 is 9.23. The van der Waals surface area contributed by atoms with Gasteiger partial charge in [0.2, 0.25) is 0 Å². The van der Waals surface area contributed by atoms with Crippen molar-refractivity contribution in [3.63, 3.8) is 0 Å². The second kappa shape index (κ2) is 9.27. The van der Waals surface area contributed by atoms with Gasteiger partial charge < -0.3 is 19.4 Å². The Labute approximate surface area is 164 Å². The first-order chi connectivity index (χ1) is 12.4. The van der Waals surface area contributed by atoms with Crippen LogP contribution in [0.1, 0.15) is 18.1 Å². The Morgan fingerprint density at radius 3 is 2.58 bits per heavy atom. The van der Waals surface area contributed by atoms with Gasteiger partial charge in [-0.15, -0.1) is 0 Å². The van der Waals surface area contributed by atoms with E-state index in [0.29, 0.717) is 33.0 Å². The Morgan fingerprint density at radius 2 is 2.00 bits per heavy atom. The van der Waals surface area contributed by atoms with Crippen LogP contribution in [0.25, 0.3) is 11.6 Å². The van der Waals surface area contributed by atoms with Crippen molar-refractivity contribution >= 4 is 45.1 Å². The summed E-state index contributed by atoms with van der Waals surface area (Å²) in [6.07, 6.45) is 1.69. The molecule has 0 heterocycles. The minimum Gasteiger partial charge on any atom is -0.546 e.